The van der Waals surface area contributed by atoms with Crippen LogP contribution in [0.1, 0.15) is 32.6 Å². The number of ether oxygens (including phenoxy) is 1. The van der Waals surface area contributed by atoms with Gasteiger partial charge >= 0.3 is 0 Å². The zero-order valence-corrected chi connectivity index (χ0v) is 12.3. The first-order valence-electron chi connectivity index (χ1n) is 7.50. The molecular formula is C16H23FN2O2. The van der Waals surface area contributed by atoms with Gasteiger partial charge in [0.15, 0.2) is 0 Å². The molecule has 3 unspecified atom stereocenters. The van der Waals surface area contributed by atoms with Crippen molar-refractivity contribution in [2.24, 2.45) is 11.7 Å². The van der Waals surface area contributed by atoms with Gasteiger partial charge in [0.2, 0.25) is 5.91 Å². The average molecular weight is 294 g/mol. The van der Waals surface area contributed by atoms with Crippen molar-refractivity contribution in [2.75, 3.05) is 6.54 Å². The van der Waals surface area contributed by atoms with E-state index in [1.807, 2.05) is 6.92 Å². The summed E-state index contributed by atoms with van der Waals surface area (Å²) in [4.78, 5) is 12.1. The molecule has 0 heterocycles. The molecule has 1 aromatic rings. The third-order valence-corrected chi connectivity index (χ3v) is 3.80. The Labute approximate surface area is 124 Å². The van der Waals surface area contributed by atoms with E-state index in [0.29, 0.717) is 12.3 Å². The number of carbonyl (C=O) groups excluding carboxylic acids is 1. The summed E-state index contributed by atoms with van der Waals surface area (Å²) in [6, 6.07) is 6.00. The van der Waals surface area contributed by atoms with Gasteiger partial charge in [-0.2, -0.15) is 0 Å². The van der Waals surface area contributed by atoms with Gasteiger partial charge < -0.3 is 15.8 Å². The fourth-order valence-corrected chi connectivity index (χ4v) is 2.64. The van der Waals surface area contributed by atoms with Crippen LogP contribution in [0.2, 0.25) is 0 Å². The standard InChI is InChI=1S/C16H23FN2O2/c1-11(21-15-7-5-13(17)6-8-15)10-19-16(20)12-3-2-4-14(18)9-12/h5-8,11-12,14H,2-4,9-10,18H2,1H3,(H,19,20). The lowest BCUT2D eigenvalue weighted by Crippen LogP contribution is -2.41. The van der Waals surface area contributed by atoms with Gasteiger partial charge in [0.1, 0.15) is 17.7 Å². The van der Waals surface area contributed by atoms with Gasteiger partial charge in [-0.15, -0.1) is 0 Å². The summed E-state index contributed by atoms with van der Waals surface area (Å²) in [5.41, 5.74) is 5.90. The van der Waals surface area contributed by atoms with E-state index in [9.17, 15) is 9.18 Å². The molecule has 116 valence electrons. The van der Waals surface area contributed by atoms with Crippen molar-refractivity contribution in [3.63, 3.8) is 0 Å². The molecule has 1 aliphatic rings. The van der Waals surface area contributed by atoms with Gasteiger partial charge in [0.25, 0.3) is 0 Å². The van der Waals surface area contributed by atoms with Crippen LogP contribution in [0.3, 0.4) is 0 Å². The number of amides is 1. The molecule has 4 nitrogen and oxygen atoms in total. The molecule has 0 aliphatic heterocycles. The van der Waals surface area contributed by atoms with Crippen LogP contribution >= 0.6 is 0 Å². The molecule has 2 rings (SSSR count). The Balaban J connectivity index is 1.74. The van der Waals surface area contributed by atoms with E-state index in [-0.39, 0.29) is 29.8 Å². The Kier molecular flexibility index (Phi) is 5.56. The number of halogens is 1. The van der Waals surface area contributed by atoms with Crippen LogP contribution in [0.5, 0.6) is 5.75 Å². The summed E-state index contributed by atoms with van der Waals surface area (Å²) in [6.07, 6.45) is 3.53. The maximum absolute atomic E-state index is 12.8. The van der Waals surface area contributed by atoms with Crippen molar-refractivity contribution in [3.8, 4) is 5.75 Å². The van der Waals surface area contributed by atoms with Crippen molar-refractivity contribution in [1.29, 1.82) is 0 Å². The summed E-state index contributed by atoms with van der Waals surface area (Å²) in [5, 5.41) is 2.91. The highest BCUT2D eigenvalue weighted by Crippen LogP contribution is 2.23. The molecule has 0 aromatic heterocycles. The van der Waals surface area contributed by atoms with Gasteiger partial charge in [-0.3, -0.25) is 4.79 Å². The first-order chi connectivity index (χ1) is 10.0. The molecule has 0 radical (unpaired) electrons. The summed E-state index contributed by atoms with van der Waals surface area (Å²) in [7, 11) is 0. The first kappa shape index (κ1) is 15.8. The Hall–Kier alpha value is -1.62. The molecule has 1 aliphatic carbocycles. The van der Waals surface area contributed by atoms with Crippen LogP contribution in [0.4, 0.5) is 4.39 Å². The number of nitrogens with one attached hydrogen (secondary N) is 1. The summed E-state index contributed by atoms with van der Waals surface area (Å²) in [6.45, 7) is 2.30. The zero-order chi connectivity index (χ0) is 15.2. The number of nitrogens with two attached hydrogens (primary N) is 1. The topological polar surface area (TPSA) is 64.4 Å². The molecule has 5 heteroatoms. The highest BCUT2D eigenvalue weighted by Gasteiger charge is 2.25. The number of hydrogen-bond acceptors (Lipinski definition) is 3. The van der Waals surface area contributed by atoms with E-state index in [1.54, 1.807) is 12.1 Å². The fourth-order valence-electron chi connectivity index (χ4n) is 2.64. The molecule has 1 amide bonds. The van der Waals surface area contributed by atoms with Crippen molar-refractivity contribution in [1.82, 2.24) is 5.32 Å². The van der Waals surface area contributed by atoms with Gasteiger partial charge in [0.05, 0.1) is 6.54 Å². The minimum atomic E-state index is -0.294. The SMILES string of the molecule is CC(CNC(=O)C1CCCC(N)C1)Oc1ccc(F)cc1. The summed E-state index contributed by atoms with van der Waals surface area (Å²) in [5.74, 6) is 0.376. The molecule has 3 atom stereocenters. The van der Waals surface area contributed by atoms with Crippen LogP contribution < -0.4 is 15.8 Å². The van der Waals surface area contributed by atoms with Crippen molar-refractivity contribution >= 4 is 5.91 Å². The Morgan fingerprint density at radius 3 is 2.81 bits per heavy atom. The van der Waals surface area contributed by atoms with Gasteiger partial charge in [-0.1, -0.05) is 6.42 Å². The van der Waals surface area contributed by atoms with Crippen molar-refractivity contribution < 1.29 is 13.9 Å². The van der Waals surface area contributed by atoms with E-state index in [4.69, 9.17) is 10.5 Å². The van der Waals surface area contributed by atoms with E-state index in [0.717, 1.165) is 25.7 Å². The largest absolute Gasteiger partial charge is 0.489 e. The summed E-state index contributed by atoms with van der Waals surface area (Å²) >= 11 is 0. The van der Waals surface area contributed by atoms with Crippen LogP contribution in [0.15, 0.2) is 24.3 Å². The molecule has 1 fully saturated rings. The van der Waals surface area contributed by atoms with Crippen LogP contribution in [-0.2, 0) is 4.79 Å². The maximum Gasteiger partial charge on any atom is 0.223 e. The minimum Gasteiger partial charge on any atom is -0.489 e. The third kappa shape index (κ3) is 5.01. The smallest absolute Gasteiger partial charge is 0.223 e. The monoisotopic (exact) mass is 294 g/mol. The molecule has 0 saturated heterocycles. The fraction of sp³-hybridized carbons (Fsp3) is 0.562. The normalized spacial score (nSPS) is 23.4. The highest BCUT2D eigenvalue weighted by molar-refractivity contribution is 5.78. The summed E-state index contributed by atoms with van der Waals surface area (Å²) < 4.78 is 18.4. The van der Waals surface area contributed by atoms with Gasteiger partial charge in [-0.25, -0.2) is 4.39 Å². The molecule has 1 saturated carbocycles. The number of rotatable bonds is 5. The third-order valence-electron chi connectivity index (χ3n) is 3.80. The lowest BCUT2D eigenvalue weighted by molar-refractivity contribution is -0.126. The van der Waals surface area contributed by atoms with E-state index in [1.165, 1.54) is 12.1 Å². The van der Waals surface area contributed by atoms with Crippen LogP contribution in [0, 0.1) is 11.7 Å². The predicted octanol–water partition coefficient (Wildman–Crippen LogP) is 2.23. The first-order valence-corrected chi connectivity index (χ1v) is 7.50. The molecular weight excluding hydrogens is 271 g/mol. The average Bonchev–Trinajstić information content (AvgIpc) is 2.47. The quantitative estimate of drug-likeness (QED) is 0.875. The number of hydrogen-bond donors (Lipinski definition) is 2. The van der Waals surface area contributed by atoms with Crippen molar-refractivity contribution in [3.05, 3.63) is 30.1 Å². The lowest BCUT2D eigenvalue weighted by Gasteiger charge is -2.26. The van der Waals surface area contributed by atoms with Crippen LogP contribution in [0.25, 0.3) is 0 Å². The molecule has 3 N–H and O–H groups in total. The maximum atomic E-state index is 12.8. The molecule has 1 aromatic carbocycles. The Bertz CT molecular complexity index is 464. The highest BCUT2D eigenvalue weighted by atomic mass is 19.1. The van der Waals surface area contributed by atoms with E-state index < -0.39 is 0 Å². The van der Waals surface area contributed by atoms with E-state index >= 15 is 0 Å². The van der Waals surface area contributed by atoms with Crippen molar-refractivity contribution in [2.45, 2.75) is 44.8 Å². The van der Waals surface area contributed by atoms with Gasteiger partial charge in [-0.05, 0) is 50.5 Å². The van der Waals surface area contributed by atoms with Crippen LogP contribution in [-0.4, -0.2) is 24.6 Å². The molecule has 0 spiro atoms. The number of benzene rings is 1. The number of carbonyl (C=O) groups is 1. The predicted molar refractivity (Wildman–Crippen MR) is 79.4 cm³/mol. The van der Waals surface area contributed by atoms with Gasteiger partial charge in [0, 0.05) is 12.0 Å². The lowest BCUT2D eigenvalue weighted by atomic mass is 9.85. The second-order valence-electron chi connectivity index (χ2n) is 5.75. The second-order valence-corrected chi connectivity index (χ2v) is 5.75. The molecule has 0 bridgehead atoms. The van der Waals surface area contributed by atoms with E-state index in [2.05, 4.69) is 5.32 Å². The molecule has 21 heavy (non-hydrogen) atoms. The zero-order valence-electron chi connectivity index (χ0n) is 12.3. The Morgan fingerprint density at radius 1 is 1.43 bits per heavy atom. The minimum absolute atomic E-state index is 0.0202. The second kappa shape index (κ2) is 7.41. The Morgan fingerprint density at radius 2 is 2.14 bits per heavy atom.